The molecule has 0 N–H and O–H groups in total. The Hall–Kier alpha value is -2.18. The van der Waals surface area contributed by atoms with Crippen LogP contribution >= 0.6 is 11.3 Å². The van der Waals surface area contributed by atoms with Gasteiger partial charge >= 0.3 is 0 Å². The SMILES string of the molecule is CCCCCCCCCCCc1nnc2n1-c1sc(CC)cc1C(c1ccc(OC)cc1)OC2. The molecule has 2 aromatic heterocycles. The van der Waals surface area contributed by atoms with Gasteiger partial charge < -0.3 is 9.47 Å². The summed E-state index contributed by atoms with van der Waals surface area (Å²) in [6, 6.07) is 10.5. The molecule has 0 aliphatic carbocycles. The van der Waals surface area contributed by atoms with Crippen molar-refractivity contribution < 1.29 is 9.47 Å². The van der Waals surface area contributed by atoms with Gasteiger partial charge in [0.05, 0.1) is 7.11 Å². The second-order valence-corrected chi connectivity index (χ2v) is 10.4. The first kappa shape index (κ1) is 24.9. The van der Waals surface area contributed by atoms with Crippen LogP contribution in [0.4, 0.5) is 0 Å². The average molecular weight is 482 g/mol. The number of aromatic nitrogens is 3. The summed E-state index contributed by atoms with van der Waals surface area (Å²) >= 11 is 1.85. The minimum absolute atomic E-state index is 0.111. The quantitative estimate of drug-likeness (QED) is 0.236. The van der Waals surface area contributed by atoms with E-state index in [1.54, 1.807) is 7.11 Å². The van der Waals surface area contributed by atoms with Crippen molar-refractivity contribution in [2.45, 2.75) is 97.2 Å². The number of thiophene rings is 1. The van der Waals surface area contributed by atoms with Crippen LogP contribution in [-0.4, -0.2) is 21.9 Å². The molecule has 3 heterocycles. The van der Waals surface area contributed by atoms with Crippen molar-refractivity contribution in [3.8, 4) is 10.8 Å². The maximum absolute atomic E-state index is 6.43. The van der Waals surface area contributed by atoms with Crippen LogP contribution in [0.1, 0.15) is 105 Å². The van der Waals surface area contributed by atoms with Crippen molar-refractivity contribution in [1.82, 2.24) is 14.8 Å². The lowest BCUT2D eigenvalue weighted by Crippen LogP contribution is -2.05. The van der Waals surface area contributed by atoms with Gasteiger partial charge in [0.15, 0.2) is 5.82 Å². The molecule has 0 amide bonds. The maximum Gasteiger partial charge on any atom is 0.164 e. The van der Waals surface area contributed by atoms with Gasteiger partial charge in [-0.15, -0.1) is 21.5 Å². The predicted octanol–water partition coefficient (Wildman–Crippen LogP) is 7.59. The lowest BCUT2D eigenvalue weighted by Gasteiger charge is -2.16. The van der Waals surface area contributed by atoms with Crippen molar-refractivity contribution in [3.05, 3.63) is 58.0 Å². The van der Waals surface area contributed by atoms with E-state index in [0.29, 0.717) is 6.61 Å². The van der Waals surface area contributed by atoms with Gasteiger partial charge in [-0.3, -0.25) is 4.57 Å². The summed E-state index contributed by atoms with van der Waals surface area (Å²) in [4.78, 5) is 1.36. The van der Waals surface area contributed by atoms with Crippen LogP contribution in [0, 0.1) is 0 Å². The van der Waals surface area contributed by atoms with Crippen molar-refractivity contribution >= 4 is 11.3 Å². The van der Waals surface area contributed by atoms with E-state index >= 15 is 0 Å². The second-order valence-electron chi connectivity index (χ2n) is 9.24. The Labute approximate surface area is 208 Å². The normalized spacial score (nSPS) is 15.1. The number of rotatable bonds is 13. The summed E-state index contributed by atoms with van der Waals surface area (Å²) in [5.74, 6) is 2.84. The summed E-state index contributed by atoms with van der Waals surface area (Å²) in [5.41, 5.74) is 2.36. The van der Waals surface area contributed by atoms with Gasteiger partial charge in [0.1, 0.15) is 29.3 Å². The van der Waals surface area contributed by atoms with Crippen molar-refractivity contribution in [2.75, 3.05) is 7.11 Å². The van der Waals surface area contributed by atoms with E-state index in [1.807, 2.05) is 23.5 Å². The van der Waals surface area contributed by atoms with Gasteiger partial charge in [-0.2, -0.15) is 0 Å². The minimum atomic E-state index is -0.111. The highest BCUT2D eigenvalue weighted by Crippen LogP contribution is 2.40. The number of hydrogen-bond acceptors (Lipinski definition) is 5. The number of fused-ring (bicyclic) bond motifs is 3. The molecule has 1 aliphatic heterocycles. The first-order valence-electron chi connectivity index (χ1n) is 13.1. The largest absolute Gasteiger partial charge is 0.497 e. The van der Waals surface area contributed by atoms with Crippen LogP contribution in [0.25, 0.3) is 5.00 Å². The van der Waals surface area contributed by atoms with E-state index in [9.17, 15) is 0 Å². The number of nitrogens with zero attached hydrogens (tertiary/aromatic N) is 3. The Morgan fingerprint density at radius 1 is 0.971 bits per heavy atom. The molecular formula is C28H39N3O2S. The van der Waals surface area contributed by atoms with E-state index < -0.39 is 0 Å². The van der Waals surface area contributed by atoms with Crippen molar-refractivity contribution in [3.63, 3.8) is 0 Å². The smallest absolute Gasteiger partial charge is 0.164 e. The Morgan fingerprint density at radius 2 is 1.68 bits per heavy atom. The summed E-state index contributed by atoms with van der Waals surface area (Å²) in [7, 11) is 1.70. The maximum atomic E-state index is 6.43. The third-order valence-corrected chi connectivity index (χ3v) is 8.00. The van der Waals surface area contributed by atoms with E-state index in [2.05, 4.69) is 46.8 Å². The van der Waals surface area contributed by atoms with E-state index in [4.69, 9.17) is 9.47 Å². The number of unbranched alkanes of at least 4 members (excludes halogenated alkanes) is 8. The van der Waals surface area contributed by atoms with Crippen LogP contribution < -0.4 is 4.74 Å². The number of benzene rings is 1. The molecule has 0 radical (unpaired) electrons. The van der Waals surface area contributed by atoms with E-state index in [0.717, 1.165) is 42.2 Å². The molecule has 3 aromatic rings. The topological polar surface area (TPSA) is 49.2 Å². The molecule has 0 saturated carbocycles. The number of methoxy groups -OCH3 is 1. The van der Waals surface area contributed by atoms with Crippen molar-refractivity contribution in [1.29, 1.82) is 0 Å². The molecule has 6 heteroatoms. The average Bonchev–Trinajstić information content (AvgIpc) is 3.44. The highest BCUT2D eigenvalue weighted by molar-refractivity contribution is 7.14. The van der Waals surface area contributed by atoms with E-state index in [-0.39, 0.29) is 6.10 Å². The van der Waals surface area contributed by atoms with Crippen LogP contribution in [0.5, 0.6) is 5.75 Å². The van der Waals surface area contributed by atoms with Crippen molar-refractivity contribution in [2.24, 2.45) is 0 Å². The summed E-state index contributed by atoms with van der Waals surface area (Å²) < 4.78 is 14.1. The zero-order valence-electron chi connectivity index (χ0n) is 21.0. The Morgan fingerprint density at radius 3 is 2.35 bits per heavy atom. The molecule has 1 unspecified atom stereocenters. The molecule has 1 aliphatic rings. The predicted molar refractivity (Wildman–Crippen MR) is 139 cm³/mol. The fraction of sp³-hybridized carbons (Fsp3) is 0.571. The van der Waals surface area contributed by atoms with Gasteiger partial charge in [-0.05, 0) is 36.6 Å². The van der Waals surface area contributed by atoms with Crippen LogP contribution in [0.3, 0.4) is 0 Å². The summed E-state index contributed by atoms with van der Waals surface area (Å²) in [6.07, 6.45) is 13.8. The molecule has 0 bridgehead atoms. The fourth-order valence-electron chi connectivity index (χ4n) is 4.72. The van der Waals surface area contributed by atoms with Gasteiger partial charge in [-0.1, -0.05) is 77.3 Å². The Balaban J connectivity index is 1.46. The van der Waals surface area contributed by atoms with Gasteiger partial charge in [0.25, 0.3) is 0 Å². The zero-order valence-corrected chi connectivity index (χ0v) is 21.8. The fourth-order valence-corrected chi connectivity index (χ4v) is 5.89. The summed E-state index contributed by atoms with van der Waals surface area (Å²) in [5, 5.41) is 10.3. The third-order valence-electron chi connectivity index (χ3n) is 6.72. The van der Waals surface area contributed by atoms with Gasteiger partial charge in [-0.25, -0.2) is 0 Å². The number of aryl methyl sites for hydroxylation is 2. The van der Waals surface area contributed by atoms with E-state index in [1.165, 1.54) is 66.8 Å². The van der Waals surface area contributed by atoms with Gasteiger partial charge in [0, 0.05) is 16.9 Å². The molecule has 184 valence electrons. The molecule has 1 atom stereocenters. The van der Waals surface area contributed by atoms with Crippen LogP contribution in [0.2, 0.25) is 0 Å². The zero-order chi connectivity index (χ0) is 23.8. The standard InChI is InChI=1S/C28H39N3O2S/c1-4-6-7-8-9-10-11-12-13-14-25-29-30-26-20-33-27(21-15-17-22(32-3)18-16-21)24-19-23(5-2)34-28(24)31(25)26/h15-19,27H,4-14,20H2,1-3H3. The molecule has 5 nitrogen and oxygen atoms in total. The van der Waals surface area contributed by atoms with Crippen LogP contribution in [-0.2, 0) is 24.2 Å². The summed E-state index contributed by atoms with van der Waals surface area (Å²) in [6.45, 7) is 4.95. The molecule has 1 aromatic carbocycles. The molecule has 0 spiro atoms. The number of hydrogen-bond donors (Lipinski definition) is 0. The first-order valence-corrected chi connectivity index (χ1v) is 13.9. The number of ether oxygens (including phenoxy) is 2. The highest BCUT2D eigenvalue weighted by Gasteiger charge is 2.29. The molecule has 34 heavy (non-hydrogen) atoms. The third kappa shape index (κ3) is 5.89. The molecule has 4 rings (SSSR count). The Bertz CT molecular complexity index is 1020. The first-order chi connectivity index (χ1) is 16.7. The minimum Gasteiger partial charge on any atom is -0.497 e. The highest BCUT2D eigenvalue weighted by atomic mass is 32.1. The monoisotopic (exact) mass is 481 g/mol. The lowest BCUT2D eigenvalue weighted by atomic mass is 10.0. The lowest BCUT2D eigenvalue weighted by molar-refractivity contribution is 0.0655. The molecule has 0 fully saturated rings. The van der Waals surface area contributed by atoms with Crippen LogP contribution in [0.15, 0.2) is 30.3 Å². The second kappa shape index (κ2) is 12.5. The molecular weight excluding hydrogens is 442 g/mol. The van der Waals surface area contributed by atoms with Gasteiger partial charge in [0.2, 0.25) is 0 Å². The Kier molecular flexibility index (Phi) is 9.17. The molecule has 0 saturated heterocycles.